The van der Waals surface area contributed by atoms with Crippen LogP contribution in [0, 0.1) is 0 Å². The Hall–Kier alpha value is -0.0800. The number of unbranched alkanes of at least 4 members (excludes halogenated alkanes) is 8. The fourth-order valence-electron chi connectivity index (χ4n) is 2.31. The molecule has 0 heterocycles. The SMILES string of the molecule is CCCCCCCCCCCC(CC)OCCO. The average molecular weight is 258 g/mol. The van der Waals surface area contributed by atoms with Crippen LogP contribution in [0.2, 0.25) is 0 Å². The zero-order chi connectivity index (χ0) is 13.5. The number of aliphatic hydroxyl groups is 1. The second-order valence-corrected chi connectivity index (χ2v) is 5.24. The highest BCUT2D eigenvalue weighted by molar-refractivity contribution is 4.56. The van der Waals surface area contributed by atoms with E-state index >= 15 is 0 Å². The van der Waals surface area contributed by atoms with Crippen molar-refractivity contribution in [1.29, 1.82) is 0 Å². The van der Waals surface area contributed by atoms with Crippen molar-refractivity contribution in [3.05, 3.63) is 0 Å². The van der Waals surface area contributed by atoms with Gasteiger partial charge in [0, 0.05) is 0 Å². The molecule has 1 atom stereocenters. The molecule has 18 heavy (non-hydrogen) atoms. The Morgan fingerprint density at radius 2 is 1.39 bits per heavy atom. The van der Waals surface area contributed by atoms with Gasteiger partial charge in [-0.1, -0.05) is 71.6 Å². The lowest BCUT2D eigenvalue weighted by Crippen LogP contribution is -2.14. The van der Waals surface area contributed by atoms with E-state index in [1.165, 1.54) is 57.8 Å². The summed E-state index contributed by atoms with van der Waals surface area (Å²) in [5.74, 6) is 0. The largest absolute Gasteiger partial charge is 0.394 e. The van der Waals surface area contributed by atoms with Gasteiger partial charge >= 0.3 is 0 Å². The number of ether oxygens (including phenoxy) is 1. The topological polar surface area (TPSA) is 29.5 Å². The molecule has 0 aromatic heterocycles. The molecule has 0 fully saturated rings. The Morgan fingerprint density at radius 3 is 1.89 bits per heavy atom. The summed E-state index contributed by atoms with van der Waals surface area (Å²) in [7, 11) is 0. The molecule has 0 amide bonds. The van der Waals surface area contributed by atoms with Crippen LogP contribution in [-0.4, -0.2) is 24.4 Å². The average Bonchev–Trinajstić information content (AvgIpc) is 2.40. The molecular formula is C16H34O2. The van der Waals surface area contributed by atoms with E-state index in [0.717, 1.165) is 12.8 Å². The molecule has 110 valence electrons. The van der Waals surface area contributed by atoms with E-state index in [2.05, 4.69) is 13.8 Å². The van der Waals surface area contributed by atoms with Gasteiger partial charge in [-0.15, -0.1) is 0 Å². The standard InChI is InChI=1S/C16H34O2/c1-3-5-6-7-8-9-10-11-12-13-16(4-2)18-15-14-17/h16-17H,3-15H2,1-2H3. The van der Waals surface area contributed by atoms with E-state index in [1.807, 2.05) is 0 Å². The Labute approximate surface area is 114 Å². The predicted octanol–water partition coefficient (Wildman–Crippen LogP) is 4.69. The second kappa shape index (κ2) is 15.0. The molecule has 0 aromatic rings. The Balaban J connectivity index is 3.17. The van der Waals surface area contributed by atoms with Crippen LogP contribution in [0.4, 0.5) is 0 Å². The Kier molecular flexibility index (Phi) is 14.9. The van der Waals surface area contributed by atoms with Crippen molar-refractivity contribution in [3.63, 3.8) is 0 Å². The van der Waals surface area contributed by atoms with E-state index in [9.17, 15) is 0 Å². The molecule has 0 radical (unpaired) electrons. The Bertz CT molecular complexity index is 148. The van der Waals surface area contributed by atoms with Crippen molar-refractivity contribution in [1.82, 2.24) is 0 Å². The van der Waals surface area contributed by atoms with Crippen LogP contribution in [0.3, 0.4) is 0 Å². The summed E-state index contributed by atoms with van der Waals surface area (Å²) in [5.41, 5.74) is 0. The summed E-state index contributed by atoms with van der Waals surface area (Å²) in [6.45, 7) is 5.07. The minimum absolute atomic E-state index is 0.147. The highest BCUT2D eigenvalue weighted by atomic mass is 16.5. The van der Waals surface area contributed by atoms with E-state index in [1.54, 1.807) is 0 Å². The molecule has 0 rings (SSSR count). The van der Waals surface area contributed by atoms with E-state index < -0.39 is 0 Å². The molecule has 0 aliphatic rings. The zero-order valence-electron chi connectivity index (χ0n) is 12.6. The number of hydrogen-bond donors (Lipinski definition) is 1. The van der Waals surface area contributed by atoms with Gasteiger partial charge < -0.3 is 9.84 Å². The van der Waals surface area contributed by atoms with Gasteiger partial charge in [-0.25, -0.2) is 0 Å². The lowest BCUT2D eigenvalue weighted by atomic mass is 10.0. The van der Waals surface area contributed by atoms with Crippen LogP contribution >= 0.6 is 0 Å². The van der Waals surface area contributed by atoms with Gasteiger partial charge in [0.1, 0.15) is 0 Å². The maximum Gasteiger partial charge on any atom is 0.0701 e. The maximum atomic E-state index is 8.72. The highest BCUT2D eigenvalue weighted by Gasteiger charge is 2.05. The van der Waals surface area contributed by atoms with Crippen molar-refractivity contribution in [2.45, 2.75) is 90.6 Å². The summed E-state index contributed by atoms with van der Waals surface area (Å²) < 4.78 is 5.56. The fourth-order valence-corrected chi connectivity index (χ4v) is 2.31. The Morgan fingerprint density at radius 1 is 0.833 bits per heavy atom. The monoisotopic (exact) mass is 258 g/mol. The van der Waals surface area contributed by atoms with Gasteiger partial charge in [0.15, 0.2) is 0 Å². The number of rotatable bonds is 14. The van der Waals surface area contributed by atoms with Crippen molar-refractivity contribution < 1.29 is 9.84 Å². The molecule has 0 bridgehead atoms. The zero-order valence-corrected chi connectivity index (χ0v) is 12.6. The molecule has 1 unspecified atom stereocenters. The quantitative estimate of drug-likeness (QED) is 0.458. The molecule has 0 aliphatic heterocycles. The first-order chi connectivity index (χ1) is 8.85. The van der Waals surface area contributed by atoms with Crippen LogP contribution in [0.15, 0.2) is 0 Å². The van der Waals surface area contributed by atoms with Crippen LogP contribution < -0.4 is 0 Å². The number of aliphatic hydroxyl groups excluding tert-OH is 1. The highest BCUT2D eigenvalue weighted by Crippen LogP contribution is 2.13. The summed E-state index contributed by atoms with van der Waals surface area (Å²) in [4.78, 5) is 0. The van der Waals surface area contributed by atoms with Crippen molar-refractivity contribution in [3.8, 4) is 0 Å². The lowest BCUT2D eigenvalue weighted by molar-refractivity contribution is 0.0208. The predicted molar refractivity (Wildman–Crippen MR) is 79.0 cm³/mol. The second-order valence-electron chi connectivity index (χ2n) is 5.24. The first-order valence-corrected chi connectivity index (χ1v) is 8.07. The molecule has 0 aromatic carbocycles. The molecule has 1 N–H and O–H groups in total. The summed E-state index contributed by atoms with van der Waals surface area (Å²) >= 11 is 0. The minimum atomic E-state index is 0.147. The molecule has 0 saturated carbocycles. The third-order valence-corrected chi connectivity index (χ3v) is 3.53. The van der Waals surface area contributed by atoms with Gasteiger partial charge in [-0.3, -0.25) is 0 Å². The normalized spacial score (nSPS) is 12.8. The molecule has 2 heteroatoms. The van der Waals surface area contributed by atoms with E-state index in [4.69, 9.17) is 9.84 Å². The molecular weight excluding hydrogens is 224 g/mol. The van der Waals surface area contributed by atoms with Gasteiger partial charge in [0.2, 0.25) is 0 Å². The first-order valence-electron chi connectivity index (χ1n) is 8.07. The van der Waals surface area contributed by atoms with Gasteiger partial charge in [0.05, 0.1) is 19.3 Å². The van der Waals surface area contributed by atoms with Crippen molar-refractivity contribution in [2.24, 2.45) is 0 Å². The van der Waals surface area contributed by atoms with Crippen LogP contribution in [0.25, 0.3) is 0 Å². The smallest absolute Gasteiger partial charge is 0.0701 e. The third-order valence-electron chi connectivity index (χ3n) is 3.53. The number of hydrogen-bond acceptors (Lipinski definition) is 2. The van der Waals surface area contributed by atoms with Gasteiger partial charge in [-0.2, -0.15) is 0 Å². The minimum Gasteiger partial charge on any atom is -0.394 e. The maximum absolute atomic E-state index is 8.72. The molecule has 2 nitrogen and oxygen atoms in total. The molecule has 0 saturated heterocycles. The van der Waals surface area contributed by atoms with Gasteiger partial charge in [0.25, 0.3) is 0 Å². The first kappa shape index (κ1) is 17.9. The van der Waals surface area contributed by atoms with E-state index in [0.29, 0.717) is 12.7 Å². The van der Waals surface area contributed by atoms with Crippen LogP contribution in [0.1, 0.15) is 84.5 Å². The summed E-state index contributed by atoms with van der Waals surface area (Å²) in [5, 5.41) is 8.72. The van der Waals surface area contributed by atoms with Gasteiger partial charge in [-0.05, 0) is 12.8 Å². The van der Waals surface area contributed by atoms with E-state index in [-0.39, 0.29) is 6.61 Å². The molecule has 0 aliphatic carbocycles. The fraction of sp³-hybridized carbons (Fsp3) is 1.00. The van der Waals surface area contributed by atoms with Crippen molar-refractivity contribution in [2.75, 3.05) is 13.2 Å². The van der Waals surface area contributed by atoms with Crippen LogP contribution in [-0.2, 0) is 4.74 Å². The third kappa shape index (κ3) is 12.4. The molecule has 0 spiro atoms. The van der Waals surface area contributed by atoms with Crippen molar-refractivity contribution >= 4 is 0 Å². The summed E-state index contributed by atoms with van der Waals surface area (Å²) in [6, 6.07) is 0. The summed E-state index contributed by atoms with van der Waals surface area (Å²) in [6.07, 6.45) is 15.0. The van der Waals surface area contributed by atoms with Crippen LogP contribution in [0.5, 0.6) is 0 Å². The lowest BCUT2D eigenvalue weighted by Gasteiger charge is -2.15.